The molecule has 0 spiro atoms. The highest BCUT2D eigenvalue weighted by Gasteiger charge is 2.36. The molecule has 0 saturated heterocycles. The van der Waals surface area contributed by atoms with Crippen molar-refractivity contribution in [1.29, 1.82) is 0 Å². The lowest BCUT2D eigenvalue weighted by atomic mass is 9.82. The normalized spacial score (nSPS) is 13.2. The second-order valence-corrected chi connectivity index (χ2v) is 20.2. The zero-order valence-corrected chi connectivity index (χ0v) is 38.8. The van der Waals surface area contributed by atoms with Crippen molar-refractivity contribution >= 4 is 62.4 Å². The van der Waals surface area contributed by atoms with E-state index < -0.39 is 0 Å². The summed E-state index contributed by atoms with van der Waals surface area (Å²) in [4.78, 5) is 7.61. The molecule has 0 bridgehead atoms. The van der Waals surface area contributed by atoms with Crippen molar-refractivity contribution in [3.8, 4) is 50.2 Å². The largest absolute Gasteiger partial charge is 0.310 e. The van der Waals surface area contributed by atoms with Gasteiger partial charge in [-0.15, -0.1) is 0 Å². The summed E-state index contributed by atoms with van der Waals surface area (Å²) in [7, 11) is 0. The highest BCUT2D eigenvalue weighted by atomic mass is 32.2. The fourth-order valence-electron chi connectivity index (χ4n) is 10.6. The Morgan fingerprint density at radius 2 is 0.896 bits per heavy atom. The first-order valence-electron chi connectivity index (χ1n) is 23.0. The lowest BCUT2D eigenvalue weighted by Crippen LogP contribution is -2.16. The quantitative estimate of drug-likeness (QED) is 0.158. The van der Waals surface area contributed by atoms with E-state index in [0.717, 1.165) is 17.1 Å². The third-order valence-electron chi connectivity index (χ3n) is 13.9. The maximum Gasteiger partial charge on any atom is 0.0541 e. The second-order valence-electron chi connectivity index (χ2n) is 18.1. The van der Waals surface area contributed by atoms with E-state index in [1.165, 1.54) is 103 Å². The summed E-state index contributed by atoms with van der Waals surface area (Å²) < 4.78 is 2.39. The number of para-hydroxylation sites is 2. The van der Waals surface area contributed by atoms with E-state index >= 15 is 0 Å². The van der Waals surface area contributed by atoms with Gasteiger partial charge in [-0.2, -0.15) is 0 Å². The molecule has 67 heavy (non-hydrogen) atoms. The maximum atomic E-state index is 2.42. The summed E-state index contributed by atoms with van der Waals surface area (Å²) in [6, 6.07) is 84.9. The van der Waals surface area contributed by atoms with Gasteiger partial charge >= 0.3 is 0 Å². The minimum atomic E-state index is -0.106. The standard InChI is InChI=1S/C63H44N2S2/c1-63(2)55-23-11-9-19-51(55)52-37-36-48(40-56(52)63)64(46-32-27-42(28-33-46)41-15-5-3-6-16-41)47-34-29-43(30-35-47)49-21-13-25-59-61(49)67-62-50(22-14-26-60(62)66-59)44-31-38-58-54(39-44)53-20-10-12-24-57(53)65(58)45-17-7-4-8-18-45/h3-40H,1-2H3. The minimum absolute atomic E-state index is 0.106. The van der Waals surface area contributed by atoms with Gasteiger partial charge in [-0.05, 0) is 134 Å². The van der Waals surface area contributed by atoms with Crippen LogP contribution in [-0.4, -0.2) is 4.57 Å². The van der Waals surface area contributed by atoms with Gasteiger partial charge in [0.05, 0.1) is 11.0 Å². The van der Waals surface area contributed by atoms with Crippen LogP contribution in [0.25, 0.3) is 72.0 Å². The van der Waals surface area contributed by atoms with Gasteiger partial charge in [-0.1, -0.05) is 189 Å². The fraction of sp³-hybridized carbons (Fsp3) is 0.0476. The highest BCUT2D eigenvalue weighted by molar-refractivity contribution is 8.05. The topological polar surface area (TPSA) is 8.17 Å². The Kier molecular flexibility index (Phi) is 9.42. The molecule has 0 amide bonds. The molecule has 0 atom stereocenters. The molecule has 2 aliphatic rings. The first-order chi connectivity index (χ1) is 33.0. The summed E-state index contributed by atoms with van der Waals surface area (Å²) in [5.41, 5.74) is 19.7. The smallest absolute Gasteiger partial charge is 0.0541 e. The van der Waals surface area contributed by atoms with E-state index in [1.54, 1.807) is 0 Å². The number of benzene rings is 10. The summed E-state index contributed by atoms with van der Waals surface area (Å²) >= 11 is 3.79. The molecular formula is C63H44N2S2. The first kappa shape index (κ1) is 39.8. The summed E-state index contributed by atoms with van der Waals surface area (Å²) in [5.74, 6) is 0. The van der Waals surface area contributed by atoms with Crippen molar-refractivity contribution in [2.45, 2.75) is 38.8 Å². The van der Waals surface area contributed by atoms with Crippen LogP contribution in [0.15, 0.2) is 250 Å². The monoisotopic (exact) mass is 892 g/mol. The molecule has 1 aliphatic heterocycles. The van der Waals surface area contributed by atoms with Crippen molar-refractivity contribution in [1.82, 2.24) is 4.57 Å². The molecule has 2 nitrogen and oxygen atoms in total. The molecule has 11 aromatic rings. The Hall–Kier alpha value is -7.50. The highest BCUT2D eigenvalue weighted by Crippen LogP contribution is 2.55. The molecule has 0 saturated carbocycles. The van der Waals surface area contributed by atoms with Crippen LogP contribution in [0.4, 0.5) is 17.1 Å². The lowest BCUT2D eigenvalue weighted by Gasteiger charge is -2.28. The van der Waals surface area contributed by atoms with E-state index in [9.17, 15) is 0 Å². The van der Waals surface area contributed by atoms with Gasteiger partial charge < -0.3 is 9.47 Å². The Morgan fingerprint density at radius 3 is 1.63 bits per heavy atom. The molecule has 0 unspecified atom stereocenters. The second kappa shape index (κ2) is 15.8. The van der Waals surface area contributed by atoms with Gasteiger partial charge in [0.1, 0.15) is 0 Å². The third-order valence-corrected chi connectivity index (χ3v) is 16.5. The van der Waals surface area contributed by atoms with E-state index in [1.807, 2.05) is 23.5 Å². The SMILES string of the molecule is CC1(C)c2ccccc2-c2ccc(N(c3ccc(-c4ccccc4)cc3)c3ccc(-c4cccc5c4Sc4c(cccc4-c4ccc6c(c4)c4ccccc4n6-c4ccccc4)S5)cc3)cc21. The van der Waals surface area contributed by atoms with Crippen LogP contribution in [0, 0.1) is 0 Å². The number of anilines is 3. The fourth-order valence-corrected chi connectivity index (χ4v) is 13.1. The maximum absolute atomic E-state index is 2.42. The van der Waals surface area contributed by atoms with E-state index in [-0.39, 0.29) is 5.41 Å². The first-order valence-corrected chi connectivity index (χ1v) is 24.6. The van der Waals surface area contributed by atoms with Crippen LogP contribution in [0.3, 0.4) is 0 Å². The Morgan fingerprint density at radius 1 is 0.358 bits per heavy atom. The van der Waals surface area contributed by atoms with Crippen LogP contribution in [0.2, 0.25) is 0 Å². The van der Waals surface area contributed by atoms with E-state index in [4.69, 9.17) is 0 Å². The summed E-state index contributed by atoms with van der Waals surface area (Å²) in [5, 5.41) is 2.53. The van der Waals surface area contributed by atoms with Crippen molar-refractivity contribution in [3.63, 3.8) is 0 Å². The van der Waals surface area contributed by atoms with Crippen LogP contribution < -0.4 is 4.90 Å². The van der Waals surface area contributed by atoms with Crippen LogP contribution in [0.5, 0.6) is 0 Å². The molecule has 318 valence electrons. The zero-order chi connectivity index (χ0) is 44.6. The lowest BCUT2D eigenvalue weighted by molar-refractivity contribution is 0.660. The predicted molar refractivity (Wildman–Crippen MR) is 284 cm³/mol. The number of nitrogens with zero attached hydrogens (tertiary/aromatic N) is 2. The third kappa shape index (κ3) is 6.58. The predicted octanol–water partition coefficient (Wildman–Crippen LogP) is 18.2. The molecule has 0 radical (unpaired) electrons. The number of aromatic nitrogens is 1. The number of hydrogen-bond donors (Lipinski definition) is 0. The average molecular weight is 893 g/mol. The molecule has 13 rings (SSSR count). The molecule has 4 heteroatoms. The van der Waals surface area contributed by atoms with Gasteiger partial charge in [-0.25, -0.2) is 0 Å². The Balaban J connectivity index is 0.873. The molecule has 2 heterocycles. The summed E-state index contributed by atoms with van der Waals surface area (Å²) in [6.45, 7) is 4.72. The molecular weight excluding hydrogens is 849 g/mol. The van der Waals surface area contributed by atoms with Gasteiger partial charge in [0, 0.05) is 58.5 Å². The number of rotatable bonds is 7. The number of fused-ring (bicyclic) bond motifs is 8. The molecule has 1 aliphatic carbocycles. The Bertz CT molecular complexity index is 3700. The van der Waals surface area contributed by atoms with Crippen molar-refractivity contribution < 1.29 is 0 Å². The minimum Gasteiger partial charge on any atom is -0.310 e. The Labute approximate surface area is 400 Å². The van der Waals surface area contributed by atoms with E-state index in [2.05, 4.69) is 254 Å². The van der Waals surface area contributed by atoms with Crippen molar-refractivity contribution in [2.24, 2.45) is 0 Å². The van der Waals surface area contributed by atoms with Crippen LogP contribution >= 0.6 is 23.5 Å². The molecule has 0 N–H and O–H groups in total. The van der Waals surface area contributed by atoms with Gasteiger partial charge in [0.2, 0.25) is 0 Å². The molecule has 10 aromatic carbocycles. The average Bonchev–Trinajstić information content (AvgIpc) is 3.84. The van der Waals surface area contributed by atoms with Crippen molar-refractivity contribution in [3.05, 3.63) is 242 Å². The van der Waals surface area contributed by atoms with Gasteiger partial charge in [0.25, 0.3) is 0 Å². The van der Waals surface area contributed by atoms with Crippen molar-refractivity contribution in [2.75, 3.05) is 4.90 Å². The number of hydrogen-bond acceptors (Lipinski definition) is 3. The molecule has 1 aromatic heterocycles. The van der Waals surface area contributed by atoms with E-state index in [0.29, 0.717) is 0 Å². The van der Waals surface area contributed by atoms with Gasteiger partial charge in [0.15, 0.2) is 0 Å². The molecule has 0 fully saturated rings. The zero-order valence-electron chi connectivity index (χ0n) is 37.2. The van der Waals surface area contributed by atoms with Crippen LogP contribution in [0.1, 0.15) is 25.0 Å². The van der Waals surface area contributed by atoms with Gasteiger partial charge in [-0.3, -0.25) is 0 Å². The summed E-state index contributed by atoms with van der Waals surface area (Å²) in [6.07, 6.45) is 0. The van der Waals surface area contributed by atoms with Crippen LogP contribution in [-0.2, 0) is 5.41 Å².